The van der Waals surface area contributed by atoms with Crippen LogP contribution >= 0.6 is 11.6 Å². The number of carboxylic acid groups (broad SMARTS) is 1. The number of hydrogen-bond donors (Lipinski definition) is 1. The molecule has 0 amide bonds. The molecule has 0 bridgehead atoms. The Kier molecular flexibility index (Phi) is 2.83. The van der Waals surface area contributed by atoms with E-state index in [0.717, 1.165) is 29.0 Å². The Labute approximate surface area is 118 Å². The van der Waals surface area contributed by atoms with Gasteiger partial charge in [-0.25, -0.2) is 9.18 Å². The molecule has 1 aliphatic carbocycles. The number of hydrogen-bond acceptors (Lipinski definition) is 2. The maximum absolute atomic E-state index is 13.7. The molecule has 2 heterocycles. The molecule has 1 aliphatic rings. The van der Waals surface area contributed by atoms with Gasteiger partial charge in [-0.2, -0.15) is 0 Å². The Hall–Kier alpha value is -1.88. The summed E-state index contributed by atoms with van der Waals surface area (Å²) in [5, 5.41) is 9.08. The molecule has 1 fully saturated rings. The smallest absolute Gasteiger partial charge is 0.341 e. The molecule has 1 saturated carbocycles. The third kappa shape index (κ3) is 1.81. The van der Waals surface area contributed by atoms with Crippen LogP contribution in [0.5, 0.6) is 0 Å². The predicted molar refractivity (Wildman–Crippen MR) is 72.3 cm³/mol. The van der Waals surface area contributed by atoms with Gasteiger partial charge in [0.1, 0.15) is 5.56 Å². The lowest BCUT2D eigenvalue weighted by molar-refractivity contribution is 0.0694. The molecule has 2 aromatic heterocycles. The number of nitrogens with zero attached hydrogens (tertiary/aromatic N) is 1. The molecule has 20 heavy (non-hydrogen) atoms. The van der Waals surface area contributed by atoms with Crippen LogP contribution in [0.3, 0.4) is 0 Å². The average molecular weight is 296 g/mol. The minimum Gasteiger partial charge on any atom is -0.477 e. The number of aromatic carboxylic acids is 1. The maximum Gasteiger partial charge on any atom is 0.341 e. The topological polar surface area (TPSA) is 58.8 Å². The highest BCUT2D eigenvalue weighted by Crippen LogP contribution is 2.43. The van der Waals surface area contributed by atoms with E-state index in [9.17, 15) is 14.0 Å². The molecule has 0 radical (unpaired) electrons. The summed E-state index contributed by atoms with van der Waals surface area (Å²) in [7, 11) is 0. The summed E-state index contributed by atoms with van der Waals surface area (Å²) in [5.74, 6) is -1.83. The van der Waals surface area contributed by atoms with Crippen molar-refractivity contribution < 1.29 is 14.3 Å². The van der Waals surface area contributed by atoms with E-state index in [1.54, 1.807) is 6.92 Å². The monoisotopic (exact) mass is 295 g/mol. The van der Waals surface area contributed by atoms with Gasteiger partial charge in [0.25, 0.3) is 5.56 Å². The molecule has 0 spiro atoms. The summed E-state index contributed by atoms with van der Waals surface area (Å²) in [6.45, 7) is 1.63. The second kappa shape index (κ2) is 4.31. The van der Waals surface area contributed by atoms with Gasteiger partial charge in [0.2, 0.25) is 0 Å². The van der Waals surface area contributed by atoms with Crippen LogP contribution in [0.2, 0.25) is 5.02 Å². The van der Waals surface area contributed by atoms with Crippen LogP contribution in [0.15, 0.2) is 17.1 Å². The standard InChI is InChI=1S/C14H11ClFNO3/c1-6-11(15)10(16)5-17-12(6)8(7-2-3-7)4-9(13(17)18)14(19)20/h4-5,7H,2-3H2,1H3,(H,19,20). The van der Waals surface area contributed by atoms with E-state index >= 15 is 0 Å². The second-order valence-electron chi connectivity index (χ2n) is 5.03. The fourth-order valence-electron chi connectivity index (χ4n) is 2.49. The lowest BCUT2D eigenvalue weighted by Gasteiger charge is -2.13. The third-order valence-corrected chi connectivity index (χ3v) is 4.11. The Morgan fingerprint density at radius 2 is 2.15 bits per heavy atom. The van der Waals surface area contributed by atoms with Gasteiger partial charge in [0.15, 0.2) is 5.82 Å². The highest BCUT2D eigenvalue weighted by atomic mass is 35.5. The highest BCUT2D eigenvalue weighted by Gasteiger charge is 2.29. The first kappa shape index (κ1) is 13.1. The molecule has 0 aromatic carbocycles. The first-order chi connectivity index (χ1) is 9.41. The van der Waals surface area contributed by atoms with Gasteiger partial charge in [-0.15, -0.1) is 0 Å². The molecule has 1 N–H and O–H groups in total. The summed E-state index contributed by atoms with van der Waals surface area (Å²) in [5.41, 5.74) is 0.652. The largest absolute Gasteiger partial charge is 0.477 e. The average Bonchev–Trinajstić information content (AvgIpc) is 3.21. The number of aryl methyl sites for hydroxylation is 1. The number of pyridine rings is 2. The van der Waals surface area contributed by atoms with Crippen molar-refractivity contribution in [1.29, 1.82) is 0 Å². The van der Waals surface area contributed by atoms with E-state index in [-0.39, 0.29) is 16.5 Å². The minimum atomic E-state index is -1.31. The van der Waals surface area contributed by atoms with E-state index in [2.05, 4.69) is 0 Å². The SMILES string of the molecule is Cc1c(Cl)c(F)cn2c(=O)c(C(=O)O)cc(C3CC3)c12. The molecule has 6 heteroatoms. The van der Waals surface area contributed by atoms with Crippen LogP contribution in [-0.4, -0.2) is 15.5 Å². The quantitative estimate of drug-likeness (QED) is 0.926. The molecule has 0 aliphatic heterocycles. The van der Waals surface area contributed by atoms with E-state index in [1.807, 2.05) is 0 Å². The van der Waals surface area contributed by atoms with E-state index < -0.39 is 17.3 Å². The van der Waals surface area contributed by atoms with Crippen LogP contribution in [0.25, 0.3) is 5.52 Å². The molecule has 2 aromatic rings. The van der Waals surface area contributed by atoms with Gasteiger partial charge in [-0.3, -0.25) is 9.20 Å². The van der Waals surface area contributed by atoms with Crippen LogP contribution in [0.4, 0.5) is 4.39 Å². The summed E-state index contributed by atoms with van der Waals surface area (Å²) >= 11 is 5.90. The number of rotatable bonds is 2. The zero-order valence-corrected chi connectivity index (χ0v) is 11.4. The second-order valence-corrected chi connectivity index (χ2v) is 5.41. The van der Waals surface area contributed by atoms with Gasteiger partial charge in [-0.05, 0) is 42.9 Å². The predicted octanol–water partition coefficient (Wildman–Crippen LogP) is 2.98. The van der Waals surface area contributed by atoms with Crippen LogP contribution in [0, 0.1) is 12.7 Å². The van der Waals surface area contributed by atoms with E-state index in [1.165, 1.54) is 6.07 Å². The van der Waals surface area contributed by atoms with Gasteiger partial charge in [0.05, 0.1) is 10.5 Å². The zero-order valence-electron chi connectivity index (χ0n) is 10.6. The molecule has 104 valence electrons. The Morgan fingerprint density at radius 1 is 1.50 bits per heavy atom. The summed E-state index contributed by atoms with van der Waals surface area (Å²) in [6.07, 6.45) is 2.83. The first-order valence-corrected chi connectivity index (χ1v) is 6.56. The van der Waals surface area contributed by atoms with Crippen molar-refractivity contribution in [2.75, 3.05) is 0 Å². The Morgan fingerprint density at radius 3 is 2.70 bits per heavy atom. The fraction of sp³-hybridized carbons (Fsp3) is 0.286. The van der Waals surface area contributed by atoms with E-state index in [0.29, 0.717) is 11.1 Å². The molecule has 0 atom stereocenters. The Balaban J connectivity index is 2.52. The van der Waals surface area contributed by atoms with Crippen LogP contribution in [-0.2, 0) is 0 Å². The number of fused-ring (bicyclic) bond motifs is 1. The molecule has 0 unspecified atom stereocenters. The van der Waals surface area contributed by atoms with E-state index in [4.69, 9.17) is 16.7 Å². The van der Waals surface area contributed by atoms with Crippen molar-refractivity contribution in [2.45, 2.75) is 25.7 Å². The summed E-state index contributed by atoms with van der Waals surface area (Å²) < 4.78 is 14.8. The summed E-state index contributed by atoms with van der Waals surface area (Å²) in [4.78, 5) is 23.3. The minimum absolute atomic E-state index is 0.0330. The van der Waals surface area contributed by atoms with Crippen LogP contribution < -0.4 is 5.56 Å². The third-order valence-electron chi connectivity index (χ3n) is 3.65. The van der Waals surface area contributed by atoms with Gasteiger partial charge in [-0.1, -0.05) is 11.6 Å². The number of carboxylic acids is 1. The van der Waals surface area contributed by atoms with Gasteiger partial charge < -0.3 is 5.11 Å². The summed E-state index contributed by atoms with van der Waals surface area (Å²) in [6, 6.07) is 1.40. The Bertz CT molecular complexity index is 808. The molecular weight excluding hydrogens is 285 g/mol. The molecule has 0 saturated heterocycles. The number of carbonyl (C=O) groups is 1. The van der Waals surface area contributed by atoms with Crippen molar-refractivity contribution in [3.05, 3.63) is 50.1 Å². The lowest BCUT2D eigenvalue weighted by atomic mass is 10.0. The van der Waals surface area contributed by atoms with Crippen LogP contribution in [0.1, 0.15) is 40.2 Å². The van der Waals surface area contributed by atoms with Crippen molar-refractivity contribution in [3.8, 4) is 0 Å². The first-order valence-electron chi connectivity index (χ1n) is 6.19. The number of aromatic nitrogens is 1. The number of halogens is 2. The van der Waals surface area contributed by atoms with Crippen molar-refractivity contribution in [2.24, 2.45) is 0 Å². The van der Waals surface area contributed by atoms with Crippen molar-refractivity contribution >= 4 is 23.1 Å². The van der Waals surface area contributed by atoms with Crippen molar-refractivity contribution in [3.63, 3.8) is 0 Å². The zero-order chi connectivity index (χ0) is 14.6. The fourth-order valence-corrected chi connectivity index (χ4v) is 2.63. The lowest BCUT2D eigenvalue weighted by Crippen LogP contribution is -2.24. The molecule has 3 rings (SSSR count). The highest BCUT2D eigenvalue weighted by molar-refractivity contribution is 6.32. The molecule has 4 nitrogen and oxygen atoms in total. The van der Waals surface area contributed by atoms with Gasteiger partial charge in [0, 0.05) is 6.20 Å². The molecular formula is C14H11ClFNO3. The van der Waals surface area contributed by atoms with Gasteiger partial charge >= 0.3 is 5.97 Å². The maximum atomic E-state index is 13.7. The normalized spacial score (nSPS) is 14.8. The van der Waals surface area contributed by atoms with Crippen molar-refractivity contribution in [1.82, 2.24) is 4.40 Å².